The molecular formula is C20H24O. The fourth-order valence-corrected chi connectivity index (χ4v) is 2.66. The van der Waals surface area contributed by atoms with Crippen molar-refractivity contribution in [2.24, 2.45) is 0 Å². The lowest BCUT2D eigenvalue weighted by molar-refractivity contribution is -0.109. The average Bonchev–Trinajstić information content (AvgIpc) is 2.56. The topological polar surface area (TPSA) is 17.1 Å². The van der Waals surface area contributed by atoms with Gasteiger partial charge < -0.3 is 4.79 Å². The summed E-state index contributed by atoms with van der Waals surface area (Å²) in [5.74, 6) is 0.0479. The van der Waals surface area contributed by atoms with Crippen molar-refractivity contribution < 1.29 is 4.79 Å². The van der Waals surface area contributed by atoms with Crippen molar-refractivity contribution in [3.8, 4) is 11.1 Å². The molecule has 0 saturated carbocycles. The molecule has 0 aliphatic rings. The lowest BCUT2D eigenvalue weighted by atomic mass is 9.93. The van der Waals surface area contributed by atoms with Gasteiger partial charge in [0, 0.05) is 5.92 Å². The van der Waals surface area contributed by atoms with E-state index in [-0.39, 0.29) is 5.92 Å². The minimum atomic E-state index is 0.0479. The molecule has 1 atom stereocenters. The Hall–Kier alpha value is -1.89. The normalized spacial score (nSPS) is 12.0. The molecular weight excluding hydrogens is 256 g/mol. The molecule has 0 N–H and O–H groups in total. The summed E-state index contributed by atoms with van der Waals surface area (Å²) in [5.41, 5.74) is 3.56. The van der Waals surface area contributed by atoms with E-state index < -0.39 is 0 Å². The SMILES string of the molecule is CCCCCCC(C=O)c1ccc(-c2ccccc2)cc1. The lowest BCUT2D eigenvalue weighted by Gasteiger charge is -2.11. The van der Waals surface area contributed by atoms with E-state index in [1.807, 2.05) is 18.2 Å². The van der Waals surface area contributed by atoms with Crippen LogP contribution in [0.3, 0.4) is 0 Å². The molecule has 0 radical (unpaired) electrons. The summed E-state index contributed by atoms with van der Waals surface area (Å²) in [7, 11) is 0. The molecule has 110 valence electrons. The predicted molar refractivity (Wildman–Crippen MR) is 89.4 cm³/mol. The maximum atomic E-state index is 11.3. The number of carbonyl (C=O) groups is 1. The molecule has 2 aromatic rings. The molecule has 21 heavy (non-hydrogen) atoms. The van der Waals surface area contributed by atoms with E-state index in [9.17, 15) is 4.79 Å². The van der Waals surface area contributed by atoms with Crippen LogP contribution in [-0.2, 0) is 4.79 Å². The van der Waals surface area contributed by atoms with Crippen LogP contribution in [0.25, 0.3) is 11.1 Å². The lowest BCUT2D eigenvalue weighted by Crippen LogP contribution is -2.00. The van der Waals surface area contributed by atoms with E-state index in [2.05, 4.69) is 43.3 Å². The van der Waals surface area contributed by atoms with Crippen molar-refractivity contribution in [3.05, 3.63) is 60.2 Å². The van der Waals surface area contributed by atoms with Gasteiger partial charge in [0.05, 0.1) is 0 Å². The van der Waals surface area contributed by atoms with Gasteiger partial charge in [-0.2, -0.15) is 0 Å². The Kier molecular flexibility index (Phi) is 6.21. The molecule has 0 amide bonds. The minimum absolute atomic E-state index is 0.0479. The van der Waals surface area contributed by atoms with Crippen molar-refractivity contribution in [1.29, 1.82) is 0 Å². The highest BCUT2D eigenvalue weighted by Gasteiger charge is 2.10. The van der Waals surface area contributed by atoms with E-state index in [0.717, 1.165) is 24.7 Å². The first-order valence-corrected chi connectivity index (χ1v) is 7.96. The maximum absolute atomic E-state index is 11.3. The van der Waals surface area contributed by atoms with Gasteiger partial charge in [0.1, 0.15) is 6.29 Å². The van der Waals surface area contributed by atoms with Gasteiger partial charge in [-0.3, -0.25) is 0 Å². The highest BCUT2D eigenvalue weighted by molar-refractivity contribution is 5.66. The van der Waals surface area contributed by atoms with Crippen LogP contribution in [0.15, 0.2) is 54.6 Å². The Balaban J connectivity index is 2.01. The number of hydrogen-bond acceptors (Lipinski definition) is 1. The average molecular weight is 280 g/mol. The Labute approximate surface area is 128 Å². The molecule has 1 heteroatoms. The van der Waals surface area contributed by atoms with Crippen molar-refractivity contribution in [1.82, 2.24) is 0 Å². The van der Waals surface area contributed by atoms with E-state index in [4.69, 9.17) is 0 Å². The van der Waals surface area contributed by atoms with Gasteiger partial charge in [0.25, 0.3) is 0 Å². The Morgan fingerprint density at radius 2 is 1.52 bits per heavy atom. The zero-order valence-corrected chi connectivity index (χ0v) is 12.8. The zero-order valence-electron chi connectivity index (χ0n) is 12.8. The van der Waals surface area contributed by atoms with Gasteiger partial charge >= 0.3 is 0 Å². The standard InChI is InChI=1S/C20H24O/c1-2-3-4-6-11-20(16-21)19-14-12-18(13-15-19)17-9-7-5-8-10-17/h5,7-10,12-16,20H,2-4,6,11H2,1H3. The molecule has 0 spiro atoms. The number of hydrogen-bond donors (Lipinski definition) is 0. The summed E-state index contributed by atoms with van der Waals surface area (Å²) in [6, 6.07) is 18.8. The largest absolute Gasteiger partial charge is 0.303 e. The van der Waals surface area contributed by atoms with Crippen LogP contribution in [0, 0.1) is 0 Å². The molecule has 0 heterocycles. The molecule has 0 bridgehead atoms. The van der Waals surface area contributed by atoms with E-state index in [1.54, 1.807) is 0 Å². The fraction of sp³-hybridized carbons (Fsp3) is 0.350. The Bertz CT molecular complexity index is 528. The van der Waals surface area contributed by atoms with Gasteiger partial charge in [-0.25, -0.2) is 0 Å². The third-order valence-corrected chi connectivity index (χ3v) is 3.98. The van der Waals surface area contributed by atoms with Gasteiger partial charge in [-0.1, -0.05) is 87.2 Å². The van der Waals surface area contributed by atoms with Crippen LogP contribution in [0.2, 0.25) is 0 Å². The summed E-state index contributed by atoms with van der Waals surface area (Å²) in [6.45, 7) is 2.21. The summed E-state index contributed by atoms with van der Waals surface area (Å²) in [4.78, 5) is 11.3. The third-order valence-electron chi connectivity index (χ3n) is 3.98. The molecule has 0 saturated heterocycles. The van der Waals surface area contributed by atoms with Gasteiger partial charge in [0.15, 0.2) is 0 Å². The van der Waals surface area contributed by atoms with E-state index in [1.165, 1.54) is 30.4 Å². The van der Waals surface area contributed by atoms with Crippen molar-refractivity contribution in [2.45, 2.75) is 44.9 Å². The van der Waals surface area contributed by atoms with Crippen LogP contribution in [0.1, 0.15) is 50.5 Å². The molecule has 2 rings (SSSR count). The summed E-state index contributed by atoms with van der Waals surface area (Å²) >= 11 is 0. The number of aldehydes is 1. The molecule has 2 aromatic carbocycles. The van der Waals surface area contributed by atoms with Gasteiger partial charge in [-0.15, -0.1) is 0 Å². The summed E-state index contributed by atoms with van der Waals surface area (Å²) in [6.07, 6.45) is 6.92. The van der Waals surface area contributed by atoms with Crippen LogP contribution in [-0.4, -0.2) is 6.29 Å². The first-order valence-electron chi connectivity index (χ1n) is 7.96. The zero-order chi connectivity index (χ0) is 14.9. The van der Waals surface area contributed by atoms with E-state index >= 15 is 0 Å². The summed E-state index contributed by atoms with van der Waals surface area (Å²) < 4.78 is 0. The molecule has 1 nitrogen and oxygen atoms in total. The third kappa shape index (κ3) is 4.56. The second-order valence-electron chi connectivity index (χ2n) is 5.58. The number of rotatable bonds is 8. The van der Waals surface area contributed by atoms with Crippen molar-refractivity contribution in [3.63, 3.8) is 0 Å². The summed E-state index contributed by atoms with van der Waals surface area (Å²) in [5, 5.41) is 0. The predicted octanol–water partition coefficient (Wildman–Crippen LogP) is 5.61. The van der Waals surface area contributed by atoms with Crippen LogP contribution >= 0.6 is 0 Å². The number of benzene rings is 2. The first kappa shape index (κ1) is 15.5. The van der Waals surface area contributed by atoms with Gasteiger partial charge in [0.2, 0.25) is 0 Å². The fourth-order valence-electron chi connectivity index (χ4n) is 2.66. The van der Waals surface area contributed by atoms with Crippen LogP contribution < -0.4 is 0 Å². The van der Waals surface area contributed by atoms with E-state index in [0.29, 0.717) is 0 Å². The van der Waals surface area contributed by atoms with Gasteiger partial charge in [-0.05, 0) is 23.1 Å². The monoisotopic (exact) mass is 280 g/mol. The van der Waals surface area contributed by atoms with Crippen LogP contribution in [0.5, 0.6) is 0 Å². The Morgan fingerprint density at radius 3 is 2.14 bits per heavy atom. The van der Waals surface area contributed by atoms with Crippen molar-refractivity contribution in [2.75, 3.05) is 0 Å². The molecule has 1 unspecified atom stereocenters. The van der Waals surface area contributed by atoms with Crippen LogP contribution in [0.4, 0.5) is 0 Å². The second-order valence-corrected chi connectivity index (χ2v) is 5.58. The molecule has 0 fully saturated rings. The molecule has 0 aliphatic carbocycles. The Morgan fingerprint density at radius 1 is 0.857 bits per heavy atom. The quantitative estimate of drug-likeness (QED) is 0.454. The first-order chi connectivity index (χ1) is 10.3. The highest BCUT2D eigenvalue weighted by atomic mass is 16.1. The molecule has 0 aromatic heterocycles. The minimum Gasteiger partial charge on any atom is -0.303 e. The smallest absolute Gasteiger partial charge is 0.127 e. The van der Waals surface area contributed by atoms with Crippen molar-refractivity contribution >= 4 is 6.29 Å². The highest BCUT2D eigenvalue weighted by Crippen LogP contribution is 2.25. The maximum Gasteiger partial charge on any atom is 0.127 e. The second kappa shape index (κ2) is 8.41. The number of carbonyl (C=O) groups excluding carboxylic acids is 1. The number of unbranched alkanes of at least 4 members (excludes halogenated alkanes) is 3. The molecule has 0 aliphatic heterocycles.